The Bertz CT molecular complexity index is 653. The van der Waals surface area contributed by atoms with Gasteiger partial charge in [-0.25, -0.2) is 4.98 Å². The Morgan fingerprint density at radius 2 is 2.29 bits per heavy atom. The minimum absolute atomic E-state index is 0.0332. The number of nitrogens with zero attached hydrogens (tertiary/aromatic N) is 2. The molecule has 0 saturated carbocycles. The van der Waals surface area contributed by atoms with Gasteiger partial charge in [-0.05, 0) is 31.0 Å². The fourth-order valence-electron chi connectivity index (χ4n) is 2.22. The van der Waals surface area contributed by atoms with Crippen LogP contribution in [0.3, 0.4) is 0 Å². The first-order chi connectivity index (χ1) is 8.16. The minimum Gasteiger partial charge on any atom is -0.295 e. The standard InChI is InChI=1S/C12H10BrClN2O/c13-9-2-1-5-16-11(9)15-10-6-7(14)3-4-8(10)12(16)17/h3-4,6,9H,1-2,5H2. The summed E-state index contributed by atoms with van der Waals surface area (Å²) in [6, 6.07) is 5.22. The van der Waals surface area contributed by atoms with Crippen LogP contribution in [0.5, 0.6) is 0 Å². The van der Waals surface area contributed by atoms with Crippen LogP contribution in [-0.2, 0) is 6.54 Å². The molecule has 17 heavy (non-hydrogen) atoms. The molecule has 1 unspecified atom stereocenters. The molecule has 0 spiro atoms. The van der Waals surface area contributed by atoms with E-state index in [2.05, 4.69) is 20.9 Å². The molecule has 3 nitrogen and oxygen atoms in total. The summed E-state index contributed by atoms with van der Waals surface area (Å²) < 4.78 is 1.76. The summed E-state index contributed by atoms with van der Waals surface area (Å²) in [6.07, 6.45) is 2.02. The monoisotopic (exact) mass is 312 g/mol. The average Bonchev–Trinajstić information content (AvgIpc) is 2.30. The van der Waals surface area contributed by atoms with Gasteiger partial charge in [0.25, 0.3) is 5.56 Å². The molecule has 0 bridgehead atoms. The van der Waals surface area contributed by atoms with Crippen LogP contribution in [0.1, 0.15) is 23.5 Å². The average molecular weight is 314 g/mol. The zero-order valence-electron chi connectivity index (χ0n) is 8.99. The van der Waals surface area contributed by atoms with Crippen molar-refractivity contribution in [1.29, 1.82) is 0 Å². The van der Waals surface area contributed by atoms with Crippen LogP contribution in [0.2, 0.25) is 5.02 Å². The van der Waals surface area contributed by atoms with Crippen molar-refractivity contribution in [2.24, 2.45) is 0 Å². The smallest absolute Gasteiger partial charge is 0.261 e. The van der Waals surface area contributed by atoms with E-state index in [0.717, 1.165) is 25.2 Å². The summed E-state index contributed by atoms with van der Waals surface area (Å²) in [5.74, 6) is 0.816. The fourth-order valence-corrected chi connectivity index (χ4v) is 3.06. The number of hydrogen-bond donors (Lipinski definition) is 0. The molecule has 0 fully saturated rings. The lowest BCUT2D eigenvalue weighted by molar-refractivity contribution is 0.498. The highest BCUT2D eigenvalue weighted by molar-refractivity contribution is 9.09. The number of hydrogen-bond acceptors (Lipinski definition) is 2. The van der Waals surface area contributed by atoms with Gasteiger partial charge in [-0.3, -0.25) is 9.36 Å². The van der Waals surface area contributed by atoms with Gasteiger partial charge in [0.2, 0.25) is 0 Å². The molecule has 2 aromatic rings. The maximum atomic E-state index is 12.3. The number of benzene rings is 1. The molecule has 2 heterocycles. The van der Waals surface area contributed by atoms with Gasteiger partial charge in [0.15, 0.2) is 0 Å². The van der Waals surface area contributed by atoms with E-state index in [1.165, 1.54) is 0 Å². The molecule has 3 rings (SSSR count). The number of rotatable bonds is 0. The molecule has 0 N–H and O–H groups in total. The Labute approximate surface area is 112 Å². The van der Waals surface area contributed by atoms with E-state index < -0.39 is 0 Å². The lowest BCUT2D eigenvalue weighted by Crippen LogP contribution is -2.29. The predicted octanol–water partition coefficient (Wildman–Crippen LogP) is 3.28. The van der Waals surface area contributed by atoms with E-state index in [1.807, 2.05) is 0 Å². The fraction of sp³-hybridized carbons (Fsp3) is 0.333. The number of halogens is 2. The van der Waals surface area contributed by atoms with Crippen molar-refractivity contribution in [1.82, 2.24) is 9.55 Å². The highest BCUT2D eigenvalue weighted by atomic mass is 79.9. The van der Waals surface area contributed by atoms with Crippen LogP contribution in [0.15, 0.2) is 23.0 Å². The van der Waals surface area contributed by atoms with Gasteiger partial charge in [0.05, 0.1) is 15.7 Å². The second kappa shape index (κ2) is 4.10. The highest BCUT2D eigenvalue weighted by Crippen LogP contribution is 2.30. The molecule has 1 aromatic heterocycles. The molecular weight excluding hydrogens is 304 g/mol. The Morgan fingerprint density at radius 3 is 3.12 bits per heavy atom. The first kappa shape index (κ1) is 11.2. The Balaban J connectivity index is 2.39. The second-order valence-corrected chi connectivity index (χ2v) is 5.74. The molecular formula is C12H10BrClN2O. The van der Waals surface area contributed by atoms with Crippen molar-refractivity contribution < 1.29 is 0 Å². The molecule has 0 radical (unpaired) electrons. The minimum atomic E-state index is 0.0332. The SMILES string of the molecule is O=c1c2ccc(Cl)cc2nc2n1CCCC2Br. The zero-order valence-corrected chi connectivity index (χ0v) is 11.3. The summed E-state index contributed by atoms with van der Waals surface area (Å²) >= 11 is 9.50. The second-order valence-electron chi connectivity index (χ2n) is 4.20. The van der Waals surface area contributed by atoms with E-state index in [4.69, 9.17) is 11.6 Å². The topological polar surface area (TPSA) is 34.9 Å². The molecule has 1 aliphatic rings. The molecule has 0 saturated heterocycles. The third-order valence-corrected chi connectivity index (χ3v) is 4.17. The van der Waals surface area contributed by atoms with E-state index in [9.17, 15) is 4.79 Å². The van der Waals surface area contributed by atoms with Crippen LogP contribution in [0, 0.1) is 0 Å². The molecule has 1 aliphatic heterocycles. The van der Waals surface area contributed by atoms with Gasteiger partial charge in [-0.1, -0.05) is 27.5 Å². The summed E-state index contributed by atoms with van der Waals surface area (Å²) in [5, 5.41) is 1.25. The van der Waals surface area contributed by atoms with Crippen molar-refractivity contribution >= 4 is 38.4 Å². The van der Waals surface area contributed by atoms with Gasteiger partial charge in [0, 0.05) is 11.6 Å². The van der Waals surface area contributed by atoms with E-state index in [-0.39, 0.29) is 10.4 Å². The third kappa shape index (κ3) is 1.79. The maximum absolute atomic E-state index is 12.3. The molecule has 1 aromatic carbocycles. The number of fused-ring (bicyclic) bond motifs is 2. The third-order valence-electron chi connectivity index (χ3n) is 3.07. The Kier molecular flexibility index (Phi) is 2.71. The van der Waals surface area contributed by atoms with Crippen LogP contribution in [-0.4, -0.2) is 9.55 Å². The Hall–Kier alpha value is -0.870. The van der Waals surface area contributed by atoms with E-state index in [0.29, 0.717) is 15.9 Å². The lowest BCUT2D eigenvalue weighted by atomic mass is 10.1. The van der Waals surface area contributed by atoms with Crippen molar-refractivity contribution in [3.8, 4) is 0 Å². The van der Waals surface area contributed by atoms with Crippen LogP contribution < -0.4 is 5.56 Å². The normalized spacial score (nSPS) is 19.3. The summed E-state index contributed by atoms with van der Waals surface area (Å²) in [7, 11) is 0. The van der Waals surface area contributed by atoms with Gasteiger partial charge < -0.3 is 0 Å². The van der Waals surface area contributed by atoms with E-state index in [1.54, 1.807) is 22.8 Å². The van der Waals surface area contributed by atoms with E-state index >= 15 is 0 Å². The first-order valence-corrected chi connectivity index (χ1v) is 6.80. The summed E-state index contributed by atoms with van der Waals surface area (Å²) in [4.78, 5) is 17.0. The van der Waals surface area contributed by atoms with Crippen LogP contribution in [0.25, 0.3) is 10.9 Å². The lowest BCUT2D eigenvalue weighted by Gasteiger charge is -2.22. The molecule has 1 atom stereocenters. The van der Waals surface area contributed by atoms with Crippen LogP contribution in [0.4, 0.5) is 0 Å². The molecule has 88 valence electrons. The number of aromatic nitrogens is 2. The summed E-state index contributed by atoms with van der Waals surface area (Å²) in [5.41, 5.74) is 0.714. The van der Waals surface area contributed by atoms with Crippen LogP contribution >= 0.6 is 27.5 Å². The van der Waals surface area contributed by atoms with Gasteiger partial charge in [-0.15, -0.1) is 0 Å². The highest BCUT2D eigenvalue weighted by Gasteiger charge is 2.21. The van der Waals surface area contributed by atoms with Gasteiger partial charge >= 0.3 is 0 Å². The molecule has 5 heteroatoms. The van der Waals surface area contributed by atoms with Crippen molar-refractivity contribution in [2.75, 3.05) is 0 Å². The molecule has 0 aliphatic carbocycles. The maximum Gasteiger partial charge on any atom is 0.261 e. The number of alkyl halides is 1. The van der Waals surface area contributed by atoms with Gasteiger partial charge in [-0.2, -0.15) is 0 Å². The molecule has 0 amide bonds. The van der Waals surface area contributed by atoms with Gasteiger partial charge in [0.1, 0.15) is 5.82 Å². The van der Waals surface area contributed by atoms with Crippen molar-refractivity contribution in [3.63, 3.8) is 0 Å². The quantitative estimate of drug-likeness (QED) is 0.700. The zero-order chi connectivity index (χ0) is 12.0. The Morgan fingerprint density at radius 1 is 1.47 bits per heavy atom. The predicted molar refractivity (Wildman–Crippen MR) is 71.9 cm³/mol. The summed E-state index contributed by atoms with van der Waals surface area (Å²) in [6.45, 7) is 0.752. The first-order valence-electron chi connectivity index (χ1n) is 5.51. The van der Waals surface area contributed by atoms with Crippen molar-refractivity contribution in [2.45, 2.75) is 24.2 Å². The largest absolute Gasteiger partial charge is 0.295 e. The van der Waals surface area contributed by atoms with Crippen molar-refractivity contribution in [3.05, 3.63) is 39.4 Å².